The van der Waals surface area contributed by atoms with Crippen LogP contribution in [0.25, 0.3) is 0 Å². The van der Waals surface area contributed by atoms with E-state index in [1.807, 2.05) is 6.20 Å². The highest BCUT2D eigenvalue weighted by Crippen LogP contribution is 2.42. The van der Waals surface area contributed by atoms with Crippen molar-refractivity contribution in [3.05, 3.63) is 29.1 Å². The van der Waals surface area contributed by atoms with Crippen molar-refractivity contribution in [3.8, 4) is 0 Å². The van der Waals surface area contributed by atoms with Crippen LogP contribution in [0, 0.1) is 6.92 Å². The third-order valence-electron chi connectivity index (χ3n) is 2.78. The standard InChI is InChI=1S/C12H17N/c1-8(2)11-9(3)6-7-13-12(11)10-4-5-10/h6-8,10H,4-5H2,1-3H3. The van der Waals surface area contributed by atoms with Crippen molar-refractivity contribution in [2.24, 2.45) is 0 Å². The summed E-state index contributed by atoms with van der Waals surface area (Å²) in [4.78, 5) is 4.52. The summed E-state index contributed by atoms with van der Waals surface area (Å²) < 4.78 is 0. The van der Waals surface area contributed by atoms with Gasteiger partial charge in [-0.1, -0.05) is 13.8 Å². The number of hydrogen-bond acceptors (Lipinski definition) is 1. The molecule has 13 heavy (non-hydrogen) atoms. The second-order valence-electron chi connectivity index (χ2n) is 4.36. The van der Waals surface area contributed by atoms with Crippen LogP contribution in [0.4, 0.5) is 0 Å². The first kappa shape index (κ1) is 8.74. The normalized spacial score (nSPS) is 16.6. The van der Waals surface area contributed by atoms with E-state index in [9.17, 15) is 0 Å². The largest absolute Gasteiger partial charge is 0.261 e. The molecule has 0 radical (unpaired) electrons. The number of aromatic nitrogens is 1. The van der Waals surface area contributed by atoms with Gasteiger partial charge in [-0.25, -0.2) is 0 Å². The van der Waals surface area contributed by atoms with Crippen LogP contribution in [0.15, 0.2) is 12.3 Å². The van der Waals surface area contributed by atoms with Crippen molar-refractivity contribution in [3.63, 3.8) is 0 Å². The number of nitrogens with zero attached hydrogens (tertiary/aromatic N) is 1. The lowest BCUT2D eigenvalue weighted by molar-refractivity contribution is 0.810. The molecule has 1 fully saturated rings. The summed E-state index contributed by atoms with van der Waals surface area (Å²) in [7, 11) is 0. The predicted molar refractivity (Wildman–Crippen MR) is 55.0 cm³/mol. The molecule has 0 aliphatic heterocycles. The Kier molecular flexibility index (Phi) is 2.10. The minimum Gasteiger partial charge on any atom is -0.261 e. The zero-order valence-corrected chi connectivity index (χ0v) is 8.67. The fourth-order valence-corrected chi connectivity index (χ4v) is 2.02. The minimum absolute atomic E-state index is 0.615. The second-order valence-corrected chi connectivity index (χ2v) is 4.36. The third-order valence-corrected chi connectivity index (χ3v) is 2.78. The average molecular weight is 175 g/mol. The van der Waals surface area contributed by atoms with Gasteiger partial charge in [0.1, 0.15) is 0 Å². The molecule has 70 valence electrons. The highest BCUT2D eigenvalue weighted by molar-refractivity contribution is 5.35. The first-order chi connectivity index (χ1) is 6.20. The van der Waals surface area contributed by atoms with Crippen LogP contribution in [0.2, 0.25) is 0 Å². The molecule has 1 aromatic rings. The van der Waals surface area contributed by atoms with Gasteiger partial charge in [0.2, 0.25) is 0 Å². The van der Waals surface area contributed by atoms with E-state index < -0.39 is 0 Å². The van der Waals surface area contributed by atoms with E-state index >= 15 is 0 Å². The molecule has 1 heterocycles. The Morgan fingerprint density at radius 2 is 2.08 bits per heavy atom. The molecule has 1 aromatic heterocycles. The zero-order valence-electron chi connectivity index (χ0n) is 8.67. The van der Waals surface area contributed by atoms with Gasteiger partial charge < -0.3 is 0 Å². The van der Waals surface area contributed by atoms with Crippen LogP contribution in [-0.2, 0) is 0 Å². The van der Waals surface area contributed by atoms with E-state index in [-0.39, 0.29) is 0 Å². The molecular weight excluding hydrogens is 158 g/mol. The summed E-state index contributed by atoms with van der Waals surface area (Å²) in [6.45, 7) is 6.72. The maximum Gasteiger partial charge on any atom is 0.0471 e. The molecule has 1 saturated carbocycles. The van der Waals surface area contributed by atoms with Gasteiger partial charge in [0.25, 0.3) is 0 Å². The lowest BCUT2D eigenvalue weighted by Gasteiger charge is -2.13. The summed E-state index contributed by atoms with van der Waals surface area (Å²) in [5.41, 5.74) is 4.27. The Bertz CT molecular complexity index is 311. The highest BCUT2D eigenvalue weighted by atomic mass is 14.7. The highest BCUT2D eigenvalue weighted by Gasteiger charge is 2.28. The van der Waals surface area contributed by atoms with Crippen molar-refractivity contribution < 1.29 is 0 Å². The van der Waals surface area contributed by atoms with Gasteiger partial charge >= 0.3 is 0 Å². The van der Waals surface area contributed by atoms with Gasteiger partial charge in [-0.15, -0.1) is 0 Å². The van der Waals surface area contributed by atoms with Gasteiger partial charge in [-0.05, 0) is 42.9 Å². The fraction of sp³-hybridized carbons (Fsp3) is 0.583. The molecule has 0 N–H and O–H groups in total. The monoisotopic (exact) mass is 175 g/mol. The first-order valence-corrected chi connectivity index (χ1v) is 5.15. The molecule has 0 unspecified atom stereocenters. The minimum atomic E-state index is 0.615. The Hall–Kier alpha value is -0.850. The van der Waals surface area contributed by atoms with Gasteiger partial charge in [-0.2, -0.15) is 0 Å². The molecule has 1 aliphatic carbocycles. The Balaban J connectivity index is 2.47. The van der Waals surface area contributed by atoms with Crippen LogP contribution >= 0.6 is 0 Å². The third kappa shape index (κ3) is 1.60. The zero-order chi connectivity index (χ0) is 9.42. The summed E-state index contributed by atoms with van der Waals surface area (Å²) in [5, 5.41) is 0. The van der Waals surface area contributed by atoms with Crippen molar-refractivity contribution in [2.75, 3.05) is 0 Å². The van der Waals surface area contributed by atoms with Crippen LogP contribution in [0.5, 0.6) is 0 Å². The summed E-state index contributed by atoms with van der Waals surface area (Å²) in [5.74, 6) is 1.39. The molecule has 1 aliphatic rings. The van der Waals surface area contributed by atoms with E-state index in [0.717, 1.165) is 5.92 Å². The van der Waals surface area contributed by atoms with Crippen molar-refractivity contribution in [2.45, 2.75) is 45.4 Å². The SMILES string of the molecule is Cc1ccnc(C2CC2)c1C(C)C. The smallest absolute Gasteiger partial charge is 0.0471 e. The van der Waals surface area contributed by atoms with Crippen molar-refractivity contribution >= 4 is 0 Å². The molecule has 0 spiro atoms. The molecule has 1 nitrogen and oxygen atoms in total. The molecule has 0 atom stereocenters. The van der Waals surface area contributed by atoms with Gasteiger partial charge in [0, 0.05) is 17.8 Å². The summed E-state index contributed by atoms with van der Waals surface area (Å²) >= 11 is 0. The Morgan fingerprint density at radius 1 is 1.38 bits per heavy atom. The summed E-state index contributed by atoms with van der Waals surface area (Å²) in [6.07, 6.45) is 4.64. The molecule has 2 rings (SSSR count). The molecule has 0 aromatic carbocycles. The second kappa shape index (κ2) is 3.13. The van der Waals surface area contributed by atoms with Crippen LogP contribution in [-0.4, -0.2) is 4.98 Å². The van der Waals surface area contributed by atoms with Gasteiger partial charge in [0.05, 0.1) is 0 Å². The van der Waals surface area contributed by atoms with Crippen molar-refractivity contribution in [1.29, 1.82) is 0 Å². The predicted octanol–water partition coefficient (Wildman–Crippen LogP) is 3.39. The molecule has 0 saturated heterocycles. The van der Waals surface area contributed by atoms with E-state index in [1.54, 1.807) is 0 Å². The lowest BCUT2D eigenvalue weighted by atomic mass is 9.95. The van der Waals surface area contributed by atoms with E-state index in [2.05, 4.69) is 31.8 Å². The fourth-order valence-electron chi connectivity index (χ4n) is 2.02. The Labute approximate surface area is 80.2 Å². The topological polar surface area (TPSA) is 12.9 Å². The van der Waals surface area contributed by atoms with E-state index in [1.165, 1.54) is 29.7 Å². The van der Waals surface area contributed by atoms with E-state index in [4.69, 9.17) is 0 Å². The number of hydrogen-bond donors (Lipinski definition) is 0. The van der Waals surface area contributed by atoms with Gasteiger partial charge in [-0.3, -0.25) is 4.98 Å². The maximum absolute atomic E-state index is 4.52. The lowest BCUT2D eigenvalue weighted by Crippen LogP contribution is -2.00. The average Bonchev–Trinajstić information content (AvgIpc) is 2.85. The molecule has 0 amide bonds. The van der Waals surface area contributed by atoms with Gasteiger partial charge in [0.15, 0.2) is 0 Å². The summed E-state index contributed by atoms with van der Waals surface area (Å²) in [6, 6.07) is 2.13. The molecular formula is C12H17N. The van der Waals surface area contributed by atoms with E-state index in [0.29, 0.717) is 5.92 Å². The Morgan fingerprint density at radius 3 is 2.62 bits per heavy atom. The number of aryl methyl sites for hydroxylation is 1. The molecule has 1 heteroatoms. The van der Waals surface area contributed by atoms with Crippen molar-refractivity contribution in [1.82, 2.24) is 4.98 Å². The number of pyridine rings is 1. The van der Waals surface area contributed by atoms with Crippen LogP contribution in [0.3, 0.4) is 0 Å². The van der Waals surface area contributed by atoms with Crippen LogP contribution < -0.4 is 0 Å². The maximum atomic E-state index is 4.52. The first-order valence-electron chi connectivity index (χ1n) is 5.15. The number of rotatable bonds is 2. The molecule has 0 bridgehead atoms. The quantitative estimate of drug-likeness (QED) is 0.671. The van der Waals surface area contributed by atoms with Crippen LogP contribution in [0.1, 0.15) is 55.3 Å².